The molecule has 1 aliphatic carbocycles. The van der Waals surface area contributed by atoms with Crippen molar-refractivity contribution in [3.63, 3.8) is 0 Å². The number of benzene rings is 1. The van der Waals surface area contributed by atoms with E-state index in [2.05, 4.69) is 16.3 Å². The summed E-state index contributed by atoms with van der Waals surface area (Å²) in [6.07, 6.45) is 6.67. The SMILES string of the molecule is CC(C(=O)Nc1ccc(C#N)cc1)N1CCC2CCCCC2C1. The number of fused-ring (bicyclic) bond motifs is 1. The van der Waals surface area contributed by atoms with Crippen molar-refractivity contribution in [3.05, 3.63) is 29.8 Å². The highest BCUT2D eigenvalue weighted by atomic mass is 16.2. The zero-order chi connectivity index (χ0) is 16.2. The number of nitriles is 1. The Bertz CT molecular complexity index is 590. The monoisotopic (exact) mass is 311 g/mol. The van der Waals surface area contributed by atoms with Gasteiger partial charge in [-0.2, -0.15) is 5.26 Å². The second kappa shape index (κ2) is 7.14. The average molecular weight is 311 g/mol. The zero-order valence-electron chi connectivity index (χ0n) is 13.8. The summed E-state index contributed by atoms with van der Waals surface area (Å²) in [5, 5.41) is 11.8. The molecule has 1 saturated carbocycles. The molecule has 1 aromatic carbocycles. The molecule has 2 fully saturated rings. The minimum Gasteiger partial charge on any atom is -0.325 e. The van der Waals surface area contributed by atoms with Gasteiger partial charge < -0.3 is 5.32 Å². The number of anilines is 1. The van der Waals surface area contributed by atoms with Gasteiger partial charge in [-0.15, -0.1) is 0 Å². The predicted octanol–water partition coefficient (Wildman–Crippen LogP) is 3.40. The lowest BCUT2D eigenvalue weighted by Crippen LogP contribution is -2.49. The fourth-order valence-corrected chi connectivity index (χ4v) is 4.02. The topological polar surface area (TPSA) is 56.1 Å². The van der Waals surface area contributed by atoms with Crippen LogP contribution in [-0.4, -0.2) is 29.9 Å². The summed E-state index contributed by atoms with van der Waals surface area (Å²) in [5.41, 5.74) is 1.36. The van der Waals surface area contributed by atoms with Crippen LogP contribution in [0.25, 0.3) is 0 Å². The van der Waals surface area contributed by atoms with Gasteiger partial charge in [0, 0.05) is 12.2 Å². The molecule has 0 radical (unpaired) electrons. The van der Waals surface area contributed by atoms with Crippen molar-refractivity contribution in [2.24, 2.45) is 11.8 Å². The van der Waals surface area contributed by atoms with E-state index < -0.39 is 0 Å². The first-order valence-electron chi connectivity index (χ1n) is 8.72. The second-order valence-corrected chi connectivity index (χ2v) is 6.94. The van der Waals surface area contributed by atoms with Crippen LogP contribution in [0.15, 0.2) is 24.3 Å². The largest absolute Gasteiger partial charge is 0.325 e. The molecule has 1 heterocycles. The first kappa shape index (κ1) is 16.0. The van der Waals surface area contributed by atoms with Gasteiger partial charge in [-0.3, -0.25) is 9.69 Å². The molecule has 2 aliphatic rings. The molecule has 1 aromatic rings. The number of nitrogens with one attached hydrogen (secondary N) is 1. The zero-order valence-corrected chi connectivity index (χ0v) is 13.8. The third kappa shape index (κ3) is 3.73. The van der Waals surface area contributed by atoms with Crippen LogP contribution in [0, 0.1) is 23.2 Å². The molecule has 3 unspecified atom stereocenters. The van der Waals surface area contributed by atoms with E-state index in [0.717, 1.165) is 30.6 Å². The summed E-state index contributed by atoms with van der Waals surface area (Å²) in [6.45, 7) is 4.10. The maximum absolute atomic E-state index is 12.5. The Morgan fingerprint density at radius 3 is 2.61 bits per heavy atom. The lowest BCUT2D eigenvalue weighted by Gasteiger charge is -2.43. The van der Waals surface area contributed by atoms with Crippen molar-refractivity contribution in [2.75, 3.05) is 18.4 Å². The highest BCUT2D eigenvalue weighted by Crippen LogP contribution is 2.36. The first-order valence-corrected chi connectivity index (χ1v) is 8.72. The number of carbonyl (C=O) groups is 1. The Morgan fingerprint density at radius 1 is 1.22 bits per heavy atom. The molecule has 1 aliphatic heterocycles. The van der Waals surface area contributed by atoms with Crippen LogP contribution < -0.4 is 5.32 Å². The number of hydrogen-bond donors (Lipinski definition) is 1. The maximum Gasteiger partial charge on any atom is 0.241 e. The summed E-state index contributed by atoms with van der Waals surface area (Å²) in [6, 6.07) is 9.02. The third-order valence-electron chi connectivity index (χ3n) is 5.53. The van der Waals surface area contributed by atoms with Crippen LogP contribution in [0.2, 0.25) is 0 Å². The number of hydrogen-bond acceptors (Lipinski definition) is 3. The molecule has 0 aromatic heterocycles. The van der Waals surface area contributed by atoms with E-state index in [1.165, 1.54) is 32.1 Å². The van der Waals surface area contributed by atoms with Crippen LogP contribution in [-0.2, 0) is 4.79 Å². The molecule has 4 nitrogen and oxygen atoms in total. The van der Waals surface area contributed by atoms with Crippen LogP contribution in [0.5, 0.6) is 0 Å². The van der Waals surface area contributed by atoms with E-state index in [0.29, 0.717) is 5.56 Å². The molecule has 3 rings (SSSR count). The highest BCUT2D eigenvalue weighted by Gasteiger charge is 2.34. The van der Waals surface area contributed by atoms with Gasteiger partial charge in [-0.25, -0.2) is 0 Å². The lowest BCUT2D eigenvalue weighted by molar-refractivity contribution is -0.122. The standard InChI is InChI=1S/C19H25N3O/c1-14(19(23)21-18-8-6-15(12-20)7-9-18)22-11-10-16-4-2-3-5-17(16)13-22/h6-9,14,16-17H,2-5,10-11,13H2,1H3,(H,21,23). The molecule has 122 valence electrons. The van der Waals surface area contributed by atoms with E-state index in [-0.39, 0.29) is 11.9 Å². The minimum atomic E-state index is -0.103. The molecule has 1 saturated heterocycles. The molecule has 1 amide bonds. The van der Waals surface area contributed by atoms with Gasteiger partial charge in [0.2, 0.25) is 5.91 Å². The van der Waals surface area contributed by atoms with E-state index >= 15 is 0 Å². The highest BCUT2D eigenvalue weighted by molar-refractivity contribution is 5.94. The van der Waals surface area contributed by atoms with Crippen LogP contribution in [0.1, 0.15) is 44.6 Å². The van der Waals surface area contributed by atoms with Crippen molar-refractivity contribution in [3.8, 4) is 6.07 Å². The Labute approximate surface area is 138 Å². The number of nitrogens with zero attached hydrogens (tertiary/aromatic N) is 2. The number of amides is 1. The van der Waals surface area contributed by atoms with Gasteiger partial charge in [0.15, 0.2) is 0 Å². The van der Waals surface area contributed by atoms with Gasteiger partial charge in [-0.1, -0.05) is 19.3 Å². The minimum absolute atomic E-state index is 0.0453. The van der Waals surface area contributed by atoms with Crippen LogP contribution in [0.3, 0.4) is 0 Å². The average Bonchev–Trinajstić information content (AvgIpc) is 2.61. The normalized spacial score (nSPS) is 25.9. The fraction of sp³-hybridized carbons (Fsp3) is 0.579. The summed E-state index contributed by atoms with van der Waals surface area (Å²) < 4.78 is 0. The van der Waals surface area contributed by atoms with Crippen LogP contribution in [0.4, 0.5) is 5.69 Å². The Kier molecular flexibility index (Phi) is 4.97. The molecule has 1 N–H and O–H groups in total. The summed E-state index contributed by atoms with van der Waals surface area (Å²) in [4.78, 5) is 14.8. The van der Waals surface area contributed by atoms with E-state index in [1.807, 2.05) is 6.92 Å². The quantitative estimate of drug-likeness (QED) is 0.931. The number of likely N-dealkylation sites (tertiary alicyclic amines) is 1. The molecular formula is C19H25N3O. The molecule has 0 spiro atoms. The van der Waals surface area contributed by atoms with Gasteiger partial charge in [-0.05, 0) is 62.4 Å². The first-order chi connectivity index (χ1) is 11.2. The summed E-state index contributed by atoms with van der Waals surface area (Å²) >= 11 is 0. The predicted molar refractivity (Wildman–Crippen MR) is 90.9 cm³/mol. The third-order valence-corrected chi connectivity index (χ3v) is 5.53. The molecule has 3 atom stereocenters. The van der Waals surface area contributed by atoms with Crippen molar-refractivity contribution in [2.45, 2.75) is 45.1 Å². The van der Waals surface area contributed by atoms with Crippen molar-refractivity contribution in [1.29, 1.82) is 5.26 Å². The van der Waals surface area contributed by atoms with E-state index in [9.17, 15) is 4.79 Å². The van der Waals surface area contributed by atoms with Crippen molar-refractivity contribution in [1.82, 2.24) is 4.90 Å². The van der Waals surface area contributed by atoms with Crippen molar-refractivity contribution < 1.29 is 4.79 Å². The number of piperidine rings is 1. The van der Waals surface area contributed by atoms with Crippen LogP contribution >= 0.6 is 0 Å². The van der Waals surface area contributed by atoms with Crippen molar-refractivity contribution >= 4 is 11.6 Å². The smallest absolute Gasteiger partial charge is 0.241 e. The molecule has 4 heteroatoms. The summed E-state index contributed by atoms with van der Waals surface area (Å²) in [7, 11) is 0. The molecule has 0 bridgehead atoms. The van der Waals surface area contributed by atoms with Gasteiger partial charge in [0.05, 0.1) is 17.7 Å². The maximum atomic E-state index is 12.5. The Morgan fingerprint density at radius 2 is 1.91 bits per heavy atom. The van der Waals surface area contributed by atoms with Gasteiger partial charge >= 0.3 is 0 Å². The Balaban J connectivity index is 1.57. The lowest BCUT2D eigenvalue weighted by atomic mass is 9.75. The molecular weight excluding hydrogens is 286 g/mol. The van der Waals surface area contributed by atoms with Gasteiger partial charge in [0.25, 0.3) is 0 Å². The Hall–Kier alpha value is -1.86. The number of rotatable bonds is 3. The fourth-order valence-electron chi connectivity index (χ4n) is 4.02. The number of carbonyl (C=O) groups excluding carboxylic acids is 1. The summed E-state index contributed by atoms with van der Waals surface area (Å²) in [5.74, 6) is 1.71. The second-order valence-electron chi connectivity index (χ2n) is 6.94. The van der Waals surface area contributed by atoms with E-state index in [1.54, 1.807) is 24.3 Å². The van der Waals surface area contributed by atoms with Gasteiger partial charge in [0.1, 0.15) is 0 Å². The van der Waals surface area contributed by atoms with E-state index in [4.69, 9.17) is 5.26 Å². The molecule has 23 heavy (non-hydrogen) atoms.